The van der Waals surface area contributed by atoms with Crippen molar-refractivity contribution in [2.75, 3.05) is 18.9 Å². The first-order valence-electron chi connectivity index (χ1n) is 3.45. The second-order valence-corrected chi connectivity index (χ2v) is 2.46. The molecule has 0 bridgehead atoms. The molecule has 1 atom stereocenters. The summed E-state index contributed by atoms with van der Waals surface area (Å²) in [7, 11) is 0. The molecule has 0 spiro atoms. The van der Waals surface area contributed by atoms with Crippen molar-refractivity contribution in [3.8, 4) is 0 Å². The summed E-state index contributed by atoms with van der Waals surface area (Å²) < 4.78 is 4.74. The van der Waals surface area contributed by atoms with Gasteiger partial charge in [-0.15, -0.1) is 0 Å². The molecule has 0 fully saturated rings. The minimum absolute atomic E-state index is 0.307. The lowest BCUT2D eigenvalue weighted by Crippen LogP contribution is -2.34. The van der Waals surface area contributed by atoms with Gasteiger partial charge in [-0.1, -0.05) is 0 Å². The number of hydrogen-bond acceptors (Lipinski definition) is 5. The molecule has 0 heterocycles. The number of rotatable bonds is 5. The Morgan fingerprint density at radius 1 is 1.64 bits per heavy atom. The van der Waals surface area contributed by atoms with E-state index < -0.39 is 12.0 Å². The number of carbonyl (C=O) groups excluding carboxylic acids is 1. The molecule has 0 amide bonds. The van der Waals surface area contributed by atoms with E-state index in [4.69, 9.17) is 16.2 Å². The topological polar surface area (TPSA) is 78.3 Å². The highest BCUT2D eigenvalue weighted by Crippen LogP contribution is 1.89. The van der Waals surface area contributed by atoms with Gasteiger partial charge in [0, 0.05) is 5.75 Å². The number of ether oxygens (including phenoxy) is 1. The molecule has 0 aromatic rings. The van der Waals surface area contributed by atoms with E-state index in [0.29, 0.717) is 25.3 Å². The highest BCUT2D eigenvalue weighted by molar-refractivity contribution is 7.80. The molecule has 66 valence electrons. The van der Waals surface area contributed by atoms with E-state index >= 15 is 0 Å². The van der Waals surface area contributed by atoms with Gasteiger partial charge in [0.1, 0.15) is 6.04 Å². The van der Waals surface area contributed by atoms with Crippen molar-refractivity contribution >= 4 is 18.6 Å². The fourth-order valence-electron chi connectivity index (χ4n) is 0.438. The predicted octanol–water partition coefficient (Wildman–Crippen LogP) is -0.865. The Labute approximate surface area is 71.7 Å². The van der Waals surface area contributed by atoms with Gasteiger partial charge in [0.05, 0.1) is 6.61 Å². The summed E-state index contributed by atoms with van der Waals surface area (Å²) >= 11 is 3.85. The second-order valence-electron chi connectivity index (χ2n) is 2.10. The molecular formula is C6H14N2O2S. The van der Waals surface area contributed by atoms with Gasteiger partial charge < -0.3 is 16.2 Å². The van der Waals surface area contributed by atoms with Crippen LogP contribution in [0.2, 0.25) is 0 Å². The van der Waals surface area contributed by atoms with Gasteiger partial charge in [-0.05, 0) is 13.0 Å². The fourth-order valence-corrected chi connectivity index (χ4v) is 0.587. The minimum Gasteiger partial charge on any atom is -0.464 e. The zero-order valence-corrected chi connectivity index (χ0v) is 7.22. The van der Waals surface area contributed by atoms with Gasteiger partial charge in [-0.25, -0.2) is 0 Å². The smallest absolute Gasteiger partial charge is 0.323 e. The molecule has 0 saturated heterocycles. The lowest BCUT2D eigenvalue weighted by molar-refractivity contribution is -0.144. The van der Waals surface area contributed by atoms with E-state index in [1.807, 2.05) is 0 Å². The molecule has 0 rings (SSSR count). The number of thiol groups is 1. The Kier molecular flexibility index (Phi) is 6.30. The van der Waals surface area contributed by atoms with Crippen LogP contribution in [0.1, 0.15) is 6.42 Å². The molecule has 0 aliphatic carbocycles. The van der Waals surface area contributed by atoms with Crippen molar-refractivity contribution in [3.63, 3.8) is 0 Å². The van der Waals surface area contributed by atoms with Crippen LogP contribution in [0.4, 0.5) is 0 Å². The van der Waals surface area contributed by atoms with Crippen LogP contribution in [0.3, 0.4) is 0 Å². The average Bonchev–Trinajstić information content (AvgIpc) is 2.03. The molecule has 11 heavy (non-hydrogen) atoms. The monoisotopic (exact) mass is 178 g/mol. The van der Waals surface area contributed by atoms with Crippen LogP contribution in [0.5, 0.6) is 0 Å². The Morgan fingerprint density at radius 2 is 2.27 bits per heavy atom. The van der Waals surface area contributed by atoms with Gasteiger partial charge >= 0.3 is 5.97 Å². The third kappa shape index (κ3) is 5.06. The molecule has 4 nitrogen and oxygen atoms in total. The van der Waals surface area contributed by atoms with E-state index in [1.54, 1.807) is 0 Å². The molecule has 0 aromatic carbocycles. The maximum Gasteiger partial charge on any atom is 0.323 e. The van der Waals surface area contributed by atoms with Crippen LogP contribution in [0.15, 0.2) is 0 Å². The molecule has 0 radical (unpaired) electrons. The van der Waals surface area contributed by atoms with Crippen LogP contribution in [0.25, 0.3) is 0 Å². The minimum atomic E-state index is -0.615. The standard InChI is InChI=1S/C6H14N2O2S/c7-2-1-3-10-6(9)5(8)4-11/h5,11H,1-4,7-8H2/t5-/m1/s1. The summed E-state index contributed by atoms with van der Waals surface area (Å²) in [5, 5.41) is 0. The van der Waals surface area contributed by atoms with Gasteiger partial charge in [0.2, 0.25) is 0 Å². The molecule has 0 aliphatic rings. The Bertz CT molecular complexity index is 121. The maximum absolute atomic E-state index is 10.8. The van der Waals surface area contributed by atoms with Crippen molar-refractivity contribution in [3.05, 3.63) is 0 Å². The molecular weight excluding hydrogens is 164 g/mol. The lowest BCUT2D eigenvalue weighted by Gasteiger charge is -2.07. The van der Waals surface area contributed by atoms with Gasteiger partial charge in [0.15, 0.2) is 0 Å². The van der Waals surface area contributed by atoms with Crippen LogP contribution >= 0.6 is 12.6 Å². The second kappa shape index (κ2) is 6.45. The molecule has 0 unspecified atom stereocenters. The van der Waals surface area contributed by atoms with Crippen molar-refractivity contribution < 1.29 is 9.53 Å². The normalized spacial score (nSPS) is 12.6. The van der Waals surface area contributed by atoms with Gasteiger partial charge in [-0.3, -0.25) is 4.79 Å². The van der Waals surface area contributed by atoms with Crippen molar-refractivity contribution in [1.82, 2.24) is 0 Å². The largest absolute Gasteiger partial charge is 0.464 e. The molecule has 0 aromatic heterocycles. The first-order valence-corrected chi connectivity index (χ1v) is 4.08. The first kappa shape index (κ1) is 10.7. The maximum atomic E-state index is 10.8. The fraction of sp³-hybridized carbons (Fsp3) is 0.833. The summed E-state index contributed by atoms with van der Waals surface area (Å²) in [4.78, 5) is 10.8. The number of esters is 1. The molecule has 5 heteroatoms. The van der Waals surface area contributed by atoms with Crippen molar-refractivity contribution in [2.24, 2.45) is 11.5 Å². The summed E-state index contributed by atoms with van der Waals surface area (Å²) in [6.45, 7) is 0.861. The number of carbonyl (C=O) groups is 1. The van der Waals surface area contributed by atoms with Crippen molar-refractivity contribution in [1.29, 1.82) is 0 Å². The highest BCUT2D eigenvalue weighted by atomic mass is 32.1. The van der Waals surface area contributed by atoms with Gasteiger partial charge in [0.25, 0.3) is 0 Å². The molecule has 0 aliphatic heterocycles. The van der Waals surface area contributed by atoms with E-state index in [9.17, 15) is 4.79 Å². The summed E-state index contributed by atoms with van der Waals surface area (Å²) in [6, 6.07) is -0.615. The predicted molar refractivity (Wildman–Crippen MR) is 46.5 cm³/mol. The van der Waals surface area contributed by atoms with E-state index in [-0.39, 0.29) is 0 Å². The number of nitrogens with two attached hydrogens (primary N) is 2. The van der Waals surface area contributed by atoms with E-state index in [0.717, 1.165) is 0 Å². The van der Waals surface area contributed by atoms with Crippen molar-refractivity contribution in [2.45, 2.75) is 12.5 Å². The van der Waals surface area contributed by atoms with E-state index in [1.165, 1.54) is 0 Å². The Balaban J connectivity index is 3.36. The zero-order valence-electron chi connectivity index (χ0n) is 6.32. The van der Waals surface area contributed by atoms with Crippen LogP contribution < -0.4 is 11.5 Å². The Morgan fingerprint density at radius 3 is 2.73 bits per heavy atom. The van der Waals surface area contributed by atoms with E-state index in [2.05, 4.69) is 12.6 Å². The molecule has 4 N–H and O–H groups in total. The van der Waals surface area contributed by atoms with Gasteiger partial charge in [-0.2, -0.15) is 12.6 Å². The highest BCUT2D eigenvalue weighted by Gasteiger charge is 2.11. The van der Waals surface area contributed by atoms with Crippen LogP contribution in [-0.2, 0) is 9.53 Å². The summed E-state index contributed by atoms with van der Waals surface area (Å²) in [5.74, 6) is -0.102. The number of hydrogen-bond donors (Lipinski definition) is 3. The first-order chi connectivity index (χ1) is 5.22. The quantitative estimate of drug-likeness (QED) is 0.291. The van der Waals surface area contributed by atoms with Crippen LogP contribution in [0, 0.1) is 0 Å². The zero-order chi connectivity index (χ0) is 8.69. The summed E-state index contributed by atoms with van der Waals surface area (Å²) in [5.41, 5.74) is 10.5. The third-order valence-corrected chi connectivity index (χ3v) is 1.49. The SMILES string of the molecule is NCCCOC(=O)[C@H](N)CS. The molecule has 0 saturated carbocycles. The lowest BCUT2D eigenvalue weighted by atomic mass is 10.4. The Hall–Kier alpha value is -0.260. The average molecular weight is 178 g/mol. The third-order valence-electron chi connectivity index (χ3n) is 1.09. The summed E-state index contributed by atoms with van der Waals surface area (Å²) in [6.07, 6.45) is 0.672. The van der Waals surface area contributed by atoms with Crippen LogP contribution in [-0.4, -0.2) is 30.9 Å².